The van der Waals surface area contributed by atoms with E-state index in [4.69, 9.17) is 0 Å². The highest BCUT2D eigenvalue weighted by Gasteiger charge is 2.19. The van der Waals surface area contributed by atoms with Gasteiger partial charge in [-0.3, -0.25) is 14.2 Å². The first-order valence-electron chi connectivity index (χ1n) is 8.18. The zero-order chi connectivity index (χ0) is 18.0. The molecule has 7 heteroatoms. The summed E-state index contributed by atoms with van der Waals surface area (Å²) in [5, 5.41) is 3.55. The molecule has 6 nitrogen and oxygen atoms in total. The molecule has 2 heterocycles. The summed E-state index contributed by atoms with van der Waals surface area (Å²) in [5.41, 5.74) is 0.831. The van der Waals surface area contributed by atoms with Gasteiger partial charge < -0.3 is 10.2 Å². The maximum Gasteiger partial charge on any atom is 0.263 e. The Bertz CT molecular complexity index is 807. The zero-order valence-electron chi connectivity index (χ0n) is 15.3. The van der Waals surface area contributed by atoms with Gasteiger partial charge in [-0.1, -0.05) is 6.92 Å². The maximum atomic E-state index is 13.0. The molecule has 0 saturated heterocycles. The van der Waals surface area contributed by atoms with Crippen LogP contribution < -0.4 is 10.9 Å². The summed E-state index contributed by atoms with van der Waals surface area (Å²) in [6, 6.07) is 0.0901. The van der Waals surface area contributed by atoms with E-state index in [0.29, 0.717) is 17.8 Å². The number of nitrogens with zero attached hydrogens (tertiary/aromatic N) is 3. The molecule has 1 atom stereocenters. The van der Waals surface area contributed by atoms with Crippen LogP contribution >= 0.6 is 11.3 Å². The van der Waals surface area contributed by atoms with Crippen LogP contribution in [0.15, 0.2) is 4.79 Å². The van der Waals surface area contributed by atoms with Crippen LogP contribution in [0.25, 0.3) is 10.2 Å². The van der Waals surface area contributed by atoms with Crippen molar-refractivity contribution in [2.24, 2.45) is 0 Å². The van der Waals surface area contributed by atoms with Crippen LogP contribution in [-0.2, 0) is 17.9 Å². The highest BCUT2D eigenvalue weighted by molar-refractivity contribution is 7.18. The minimum Gasteiger partial charge on any atom is -0.352 e. The van der Waals surface area contributed by atoms with Crippen molar-refractivity contribution < 1.29 is 4.79 Å². The van der Waals surface area contributed by atoms with E-state index in [0.717, 1.165) is 21.7 Å². The minimum absolute atomic E-state index is 0.00359. The number of thiophene rings is 1. The van der Waals surface area contributed by atoms with Crippen molar-refractivity contribution in [1.29, 1.82) is 0 Å². The highest BCUT2D eigenvalue weighted by Crippen LogP contribution is 2.26. The molecule has 0 aliphatic heterocycles. The van der Waals surface area contributed by atoms with E-state index >= 15 is 0 Å². The van der Waals surface area contributed by atoms with Crippen LogP contribution in [0.4, 0.5) is 0 Å². The van der Waals surface area contributed by atoms with Gasteiger partial charge in [-0.2, -0.15) is 0 Å². The maximum absolute atomic E-state index is 13.0. The van der Waals surface area contributed by atoms with E-state index in [1.807, 2.05) is 46.7 Å². The van der Waals surface area contributed by atoms with Gasteiger partial charge >= 0.3 is 0 Å². The van der Waals surface area contributed by atoms with Crippen molar-refractivity contribution in [2.75, 3.05) is 14.1 Å². The number of aryl methyl sites for hydroxylation is 2. The number of aromatic nitrogens is 2. The van der Waals surface area contributed by atoms with Gasteiger partial charge in [0.1, 0.15) is 17.2 Å². The Morgan fingerprint density at radius 2 is 2.04 bits per heavy atom. The number of hydrogen-bond acceptors (Lipinski definition) is 5. The lowest BCUT2D eigenvalue weighted by atomic mass is 10.2. The fourth-order valence-corrected chi connectivity index (χ4v) is 3.54. The predicted molar refractivity (Wildman–Crippen MR) is 98.6 cm³/mol. The lowest BCUT2D eigenvalue weighted by Gasteiger charge is -2.17. The minimum atomic E-state index is -0.155. The molecule has 0 saturated carbocycles. The summed E-state index contributed by atoms with van der Waals surface area (Å²) in [6.07, 6.45) is 0.852. The Labute approximate surface area is 146 Å². The number of carbonyl (C=O) groups excluding carboxylic acids is 1. The van der Waals surface area contributed by atoms with Crippen molar-refractivity contribution in [2.45, 2.75) is 53.2 Å². The molecule has 2 aromatic rings. The molecule has 0 aliphatic rings. The van der Waals surface area contributed by atoms with Crippen molar-refractivity contribution in [3.63, 3.8) is 0 Å². The molecule has 24 heavy (non-hydrogen) atoms. The number of nitrogens with one attached hydrogen (secondary N) is 1. The second-order valence-electron chi connectivity index (χ2n) is 6.50. The van der Waals surface area contributed by atoms with Crippen LogP contribution in [0.2, 0.25) is 0 Å². The summed E-state index contributed by atoms with van der Waals surface area (Å²) in [5.74, 6) is 0.468. The monoisotopic (exact) mass is 350 g/mol. The predicted octanol–water partition coefficient (Wildman–Crippen LogP) is 2.05. The van der Waals surface area contributed by atoms with Gasteiger partial charge in [-0.25, -0.2) is 4.98 Å². The lowest BCUT2D eigenvalue weighted by Crippen LogP contribution is -2.39. The normalized spacial score (nSPS) is 12.8. The Balaban J connectivity index is 2.52. The van der Waals surface area contributed by atoms with Crippen LogP contribution in [0.5, 0.6) is 0 Å². The van der Waals surface area contributed by atoms with E-state index in [-0.39, 0.29) is 24.1 Å². The van der Waals surface area contributed by atoms with Crippen LogP contribution in [-0.4, -0.2) is 40.5 Å². The first kappa shape index (κ1) is 18.6. The average molecular weight is 350 g/mol. The van der Waals surface area contributed by atoms with E-state index < -0.39 is 0 Å². The van der Waals surface area contributed by atoms with Gasteiger partial charge in [-0.15, -0.1) is 11.3 Å². The standard InChI is InChI=1S/C17H26N4O2S/c1-7-10(2)18-14(22)9-21-13(8-20(5)6)19-16-15(17(21)23)11(3)12(4)24-16/h10H,7-9H2,1-6H3,(H,18,22). The molecule has 0 fully saturated rings. The van der Waals surface area contributed by atoms with E-state index in [1.165, 1.54) is 15.9 Å². The van der Waals surface area contributed by atoms with Crippen molar-refractivity contribution >= 4 is 27.5 Å². The van der Waals surface area contributed by atoms with Gasteiger partial charge in [0, 0.05) is 10.9 Å². The molecule has 2 rings (SSSR count). The van der Waals surface area contributed by atoms with Crippen LogP contribution in [0.3, 0.4) is 0 Å². The highest BCUT2D eigenvalue weighted by atomic mass is 32.1. The topological polar surface area (TPSA) is 67.2 Å². The molecule has 0 aromatic carbocycles. The largest absolute Gasteiger partial charge is 0.352 e. The molecule has 1 N–H and O–H groups in total. The summed E-state index contributed by atoms with van der Waals surface area (Å²) in [4.78, 5) is 33.7. The average Bonchev–Trinajstić information content (AvgIpc) is 2.77. The summed E-state index contributed by atoms with van der Waals surface area (Å²) in [7, 11) is 3.84. The Morgan fingerprint density at radius 3 is 2.62 bits per heavy atom. The quantitative estimate of drug-likeness (QED) is 0.866. The number of carbonyl (C=O) groups is 1. The second-order valence-corrected chi connectivity index (χ2v) is 7.70. The van der Waals surface area contributed by atoms with Crippen molar-refractivity contribution in [3.05, 3.63) is 26.6 Å². The number of amides is 1. The van der Waals surface area contributed by atoms with Gasteiger partial charge in [0.15, 0.2) is 0 Å². The fourth-order valence-electron chi connectivity index (χ4n) is 2.50. The van der Waals surface area contributed by atoms with Crippen molar-refractivity contribution in [1.82, 2.24) is 19.8 Å². The second kappa shape index (κ2) is 7.44. The molecular weight excluding hydrogens is 324 g/mol. The summed E-state index contributed by atoms with van der Waals surface area (Å²) < 4.78 is 1.51. The van der Waals surface area contributed by atoms with Gasteiger partial charge in [0.25, 0.3) is 5.56 Å². The number of fused-ring (bicyclic) bond motifs is 1. The van der Waals surface area contributed by atoms with Crippen LogP contribution in [0, 0.1) is 13.8 Å². The third-order valence-corrected chi connectivity index (χ3v) is 5.25. The molecule has 0 aliphatic carbocycles. The van der Waals surface area contributed by atoms with E-state index in [2.05, 4.69) is 10.3 Å². The smallest absolute Gasteiger partial charge is 0.263 e. The molecule has 1 amide bonds. The summed E-state index contributed by atoms with van der Waals surface area (Å²) >= 11 is 1.53. The number of rotatable bonds is 6. The first-order valence-corrected chi connectivity index (χ1v) is 8.99. The van der Waals surface area contributed by atoms with E-state index in [1.54, 1.807) is 0 Å². The Morgan fingerprint density at radius 1 is 1.38 bits per heavy atom. The summed E-state index contributed by atoms with van der Waals surface area (Å²) in [6.45, 7) is 8.41. The first-order chi connectivity index (χ1) is 11.2. The van der Waals surface area contributed by atoms with Gasteiger partial charge in [-0.05, 0) is 46.9 Å². The molecule has 0 bridgehead atoms. The van der Waals surface area contributed by atoms with Gasteiger partial charge in [0.05, 0.1) is 11.9 Å². The van der Waals surface area contributed by atoms with Crippen LogP contribution in [0.1, 0.15) is 36.5 Å². The third-order valence-electron chi connectivity index (χ3n) is 4.15. The molecule has 0 spiro atoms. The van der Waals surface area contributed by atoms with Crippen molar-refractivity contribution in [3.8, 4) is 0 Å². The molecule has 1 unspecified atom stereocenters. The number of hydrogen-bond donors (Lipinski definition) is 1. The van der Waals surface area contributed by atoms with Gasteiger partial charge in [0.2, 0.25) is 5.91 Å². The molecule has 132 valence electrons. The molecule has 2 aromatic heterocycles. The fraction of sp³-hybridized carbons (Fsp3) is 0.588. The Hall–Kier alpha value is -1.73. The lowest BCUT2D eigenvalue weighted by molar-refractivity contribution is -0.122. The van der Waals surface area contributed by atoms with E-state index in [9.17, 15) is 9.59 Å². The SMILES string of the molecule is CCC(C)NC(=O)Cn1c(CN(C)C)nc2sc(C)c(C)c2c1=O. The Kier molecular flexibility index (Phi) is 5.77. The third kappa shape index (κ3) is 3.84. The molecule has 0 radical (unpaired) electrons. The molecular formula is C17H26N4O2S. The zero-order valence-corrected chi connectivity index (χ0v) is 16.1.